The lowest BCUT2D eigenvalue weighted by Gasteiger charge is -2.43. The maximum Gasteiger partial charge on any atom is 0.508 e. The third-order valence-electron chi connectivity index (χ3n) is 17.5. The number of hydrogen-bond acceptors (Lipinski definition) is 24. The lowest BCUT2D eigenvalue weighted by molar-refractivity contribution is -0.141. The molecule has 7 atom stereocenters. The largest absolute Gasteiger partial charge is 0.508 e. The smallest absolute Gasteiger partial charge is 0.474 e. The van der Waals surface area contributed by atoms with Crippen LogP contribution in [-0.4, -0.2) is 179 Å². The van der Waals surface area contributed by atoms with Gasteiger partial charge in [-0.15, -0.1) is 10.2 Å². The van der Waals surface area contributed by atoms with Crippen molar-refractivity contribution >= 4 is 62.6 Å². The standard InChI is InChI=1S/C62H80N11O16PS2/c1-37(2)57(60(75)72-35-48(88-61(76)85-39(4)62(5,6)91-92(7,80)81)29-52(72)59(74)66-38(3)41-14-12-40(32-63)13-15-41)54-31-56(69-89-54)82-25-24-70-22-19-45(20-23-70)86-46-27-47(28-46)87-55-26-42(18-21-65-55)73-43-16-17-44(73)34-71(33-43)51-30-50(67-68-58(51)64)49-10-8-9-11-53(49)83-36-84-90(77,78)79/h8-15,18,21,26,30-31,37-39,43-48,52,57H,16-17,19-20,22-25,27-29,33-36H2,1-7H3,(H2,64,68)(H,66,74)(H2,77,78,79)/t38-,39?,43+,44?,46?,47?,48+,52-,57+/m0/s1. The number of nitrogens with one attached hydrogen (secondary N) is 1. The number of likely N-dealkylation sites (tertiary alicyclic amines) is 2. The number of nitrogens with two attached hydrogens (primary N) is 1. The molecule has 10 rings (SSSR count). The van der Waals surface area contributed by atoms with E-state index in [2.05, 4.69) is 50.9 Å². The molecule has 3 aromatic heterocycles. The quantitative estimate of drug-likeness (QED) is 0.0182. The Hall–Kier alpha value is -7.29. The van der Waals surface area contributed by atoms with E-state index in [9.17, 15) is 32.6 Å². The molecule has 1 saturated carbocycles. The summed E-state index contributed by atoms with van der Waals surface area (Å²) < 4.78 is 80.5. The molecule has 5 aliphatic rings. The molecule has 496 valence electrons. The average molecular weight is 1330 g/mol. The molecule has 5 aromatic rings. The number of amides is 2. The molecule has 5 N–H and O–H groups in total. The molecule has 4 saturated heterocycles. The van der Waals surface area contributed by atoms with E-state index in [1.54, 1.807) is 88.5 Å². The van der Waals surface area contributed by atoms with E-state index < -0.39 is 76.4 Å². The van der Waals surface area contributed by atoms with Crippen LogP contribution < -0.4 is 35.1 Å². The number of benzene rings is 2. The van der Waals surface area contributed by atoms with Crippen molar-refractivity contribution in [1.29, 1.82) is 5.26 Å². The summed E-state index contributed by atoms with van der Waals surface area (Å²) in [5.74, 6) is -0.515. The summed E-state index contributed by atoms with van der Waals surface area (Å²) >= 11 is 0. The van der Waals surface area contributed by atoms with Crippen LogP contribution in [-0.2, 0) is 41.8 Å². The fraction of sp³-hybridized carbons (Fsp3) is 0.548. The topological polar surface area (TPSA) is 347 Å². The van der Waals surface area contributed by atoms with E-state index in [1.165, 1.54) is 4.90 Å². The third kappa shape index (κ3) is 17.1. The molecule has 92 heavy (non-hydrogen) atoms. The zero-order chi connectivity index (χ0) is 65.6. The first-order valence-corrected chi connectivity index (χ1v) is 35.6. The predicted octanol–water partition coefficient (Wildman–Crippen LogP) is 7.35. The Morgan fingerprint density at radius 2 is 1.61 bits per heavy atom. The van der Waals surface area contributed by atoms with E-state index in [4.69, 9.17) is 48.5 Å². The highest BCUT2D eigenvalue weighted by Gasteiger charge is 2.47. The van der Waals surface area contributed by atoms with Gasteiger partial charge >= 0.3 is 14.0 Å². The monoisotopic (exact) mass is 1330 g/mol. The van der Waals surface area contributed by atoms with Crippen molar-refractivity contribution in [1.82, 2.24) is 35.5 Å². The van der Waals surface area contributed by atoms with Gasteiger partial charge in [0.25, 0.3) is 5.88 Å². The molecule has 4 aliphatic heterocycles. The van der Waals surface area contributed by atoms with Crippen molar-refractivity contribution in [2.24, 2.45) is 5.92 Å². The first-order valence-electron chi connectivity index (χ1n) is 30.8. The number of carbonyl (C=O) groups excluding carboxylic acids is 3. The SMILES string of the molecule is CC(C)[C@@H](C(=O)N1C[C@H](OC(=O)OC(C)C(C)(C)SS(C)(=O)=O)C[C@H]1C(=O)N[C@@H](C)c1ccc(C#N)cc1)c1cc(OCCN2CCC(OC3CC(Oc4cc(N5C6CC[C@@H]5CN(c5cc(-c7ccccc7OCOP(=O)(O)O)nnc5N)C6)ccn4)C3)CC2)no1. The van der Waals surface area contributed by atoms with Crippen molar-refractivity contribution in [3.8, 4) is 34.8 Å². The van der Waals surface area contributed by atoms with Gasteiger partial charge in [-0.25, -0.2) is 27.3 Å². The lowest BCUT2D eigenvalue weighted by atomic mass is 9.91. The molecule has 2 amide bonds. The van der Waals surface area contributed by atoms with Crippen molar-refractivity contribution in [3.63, 3.8) is 0 Å². The first kappa shape index (κ1) is 67.6. The second-order valence-corrected chi connectivity index (χ2v) is 31.1. The van der Waals surface area contributed by atoms with Gasteiger partial charge in [0.15, 0.2) is 27.2 Å². The molecule has 2 aromatic carbocycles. The van der Waals surface area contributed by atoms with E-state index in [1.807, 2.05) is 32.0 Å². The van der Waals surface area contributed by atoms with Crippen LogP contribution in [0.2, 0.25) is 0 Å². The Bertz CT molecular complexity index is 3600. The fourth-order valence-electron chi connectivity index (χ4n) is 12.5. The molecule has 2 unspecified atom stereocenters. The number of nitriles is 1. The van der Waals surface area contributed by atoms with Crippen molar-refractivity contribution < 1.29 is 74.6 Å². The number of ether oxygens (including phenoxy) is 6. The molecule has 7 heterocycles. The highest BCUT2D eigenvalue weighted by atomic mass is 33.1. The van der Waals surface area contributed by atoms with Gasteiger partial charge in [-0.05, 0) is 117 Å². The number of anilines is 3. The minimum atomic E-state index is -4.73. The molecule has 1 aliphatic carbocycles. The Morgan fingerprint density at radius 3 is 2.29 bits per heavy atom. The molecule has 30 heteroatoms. The summed E-state index contributed by atoms with van der Waals surface area (Å²) in [7, 11) is -7.55. The number of carbonyl (C=O) groups is 3. The van der Waals surface area contributed by atoms with E-state index in [-0.39, 0.29) is 60.9 Å². The van der Waals surface area contributed by atoms with Crippen LogP contribution in [0.15, 0.2) is 83.5 Å². The number of phosphoric acid groups is 1. The number of hydrogen-bond donors (Lipinski definition) is 4. The summed E-state index contributed by atoms with van der Waals surface area (Å²) in [5.41, 5.74) is 10.5. The van der Waals surface area contributed by atoms with Gasteiger partial charge < -0.3 is 68.5 Å². The number of para-hydroxylation sites is 1. The van der Waals surface area contributed by atoms with Gasteiger partial charge in [-0.2, -0.15) is 5.26 Å². The zero-order valence-corrected chi connectivity index (χ0v) is 55.0. The van der Waals surface area contributed by atoms with Crippen LogP contribution in [0.4, 0.5) is 22.0 Å². The van der Waals surface area contributed by atoms with Gasteiger partial charge in [-0.3, -0.25) is 14.5 Å². The van der Waals surface area contributed by atoms with Crippen LogP contribution in [0.3, 0.4) is 0 Å². The van der Waals surface area contributed by atoms with Crippen molar-refractivity contribution in [3.05, 3.63) is 95.9 Å². The van der Waals surface area contributed by atoms with Gasteiger partial charge in [0.1, 0.15) is 42.6 Å². The minimum absolute atomic E-state index is 0.0143. The first-order chi connectivity index (χ1) is 43.8. The number of pyridine rings is 1. The highest BCUT2D eigenvalue weighted by Crippen LogP contribution is 2.42. The number of piperazine rings is 1. The molecular formula is C62H80N11O16PS2. The number of aromatic nitrogens is 4. The Labute approximate surface area is 538 Å². The number of nitrogens with zero attached hydrogens (tertiary/aromatic N) is 9. The van der Waals surface area contributed by atoms with Gasteiger partial charge in [0.05, 0.1) is 52.6 Å². The summed E-state index contributed by atoms with van der Waals surface area (Å²) in [6.45, 7) is 13.5. The number of piperidine rings is 1. The van der Waals surface area contributed by atoms with Gasteiger partial charge in [-0.1, -0.05) is 38.1 Å². The van der Waals surface area contributed by atoms with Crippen molar-refractivity contribution in [2.75, 3.05) is 74.5 Å². The van der Waals surface area contributed by atoms with E-state index in [0.717, 1.165) is 74.8 Å². The van der Waals surface area contributed by atoms with Gasteiger partial charge in [0, 0.05) is 99.9 Å². The van der Waals surface area contributed by atoms with Crippen molar-refractivity contribution in [2.45, 2.75) is 152 Å². The highest BCUT2D eigenvalue weighted by molar-refractivity contribution is 8.72. The Morgan fingerprint density at radius 1 is 0.891 bits per heavy atom. The fourth-order valence-corrected chi connectivity index (χ4v) is 16.4. The van der Waals surface area contributed by atoms with Gasteiger partial charge in [0.2, 0.25) is 17.7 Å². The summed E-state index contributed by atoms with van der Waals surface area (Å²) in [6, 6.07) is 22.2. The predicted molar refractivity (Wildman–Crippen MR) is 339 cm³/mol. The Balaban J connectivity index is 0.668. The maximum atomic E-state index is 14.7. The van der Waals surface area contributed by atoms with Crippen LogP contribution in [0.5, 0.6) is 17.5 Å². The summed E-state index contributed by atoms with van der Waals surface area (Å²) in [6.07, 6.45) is 5.35. The maximum absolute atomic E-state index is 14.7. The molecule has 0 radical (unpaired) electrons. The van der Waals surface area contributed by atoms with Crippen LogP contribution in [0.1, 0.15) is 115 Å². The third-order valence-corrected chi connectivity index (χ3v) is 21.2. The normalized spacial score (nSPS) is 22.2. The van der Waals surface area contributed by atoms with Crippen LogP contribution in [0.25, 0.3) is 11.3 Å². The summed E-state index contributed by atoms with van der Waals surface area (Å²) in [4.78, 5) is 73.3. The molecule has 27 nitrogen and oxygen atoms in total. The second kappa shape index (κ2) is 28.9. The lowest BCUT2D eigenvalue weighted by Crippen LogP contribution is -2.54. The minimum Gasteiger partial charge on any atom is -0.474 e. The number of fused-ring (bicyclic) bond motifs is 2. The average Bonchev–Trinajstić information content (AvgIpc) is 1.56. The zero-order valence-electron chi connectivity index (χ0n) is 52.4. The van der Waals surface area contributed by atoms with Crippen LogP contribution in [0, 0.1) is 17.2 Å². The number of rotatable bonds is 26. The number of nitrogen functional groups attached to an aromatic ring is 1. The van der Waals surface area contributed by atoms with Crippen LogP contribution >= 0.6 is 18.6 Å². The van der Waals surface area contributed by atoms with E-state index in [0.29, 0.717) is 71.3 Å². The van der Waals surface area contributed by atoms with E-state index >= 15 is 0 Å². The molecule has 5 fully saturated rings. The second-order valence-electron chi connectivity index (χ2n) is 24.9. The number of phosphoric ester groups is 1. The molecular weight excluding hydrogens is 1250 g/mol. The summed E-state index contributed by atoms with van der Waals surface area (Å²) in [5, 5.41) is 25.1. The molecule has 0 spiro atoms. The Kier molecular flexibility index (Phi) is 21.3. The molecule has 2 bridgehead atoms.